The number of anilines is 1. The van der Waals surface area contributed by atoms with Gasteiger partial charge in [-0.2, -0.15) is 5.26 Å². The van der Waals surface area contributed by atoms with Gasteiger partial charge in [0.25, 0.3) is 0 Å². The number of hydrogen-bond donors (Lipinski definition) is 1. The lowest BCUT2D eigenvalue weighted by molar-refractivity contribution is 0.227. The van der Waals surface area contributed by atoms with Crippen molar-refractivity contribution in [2.45, 2.75) is 19.4 Å². The highest BCUT2D eigenvalue weighted by molar-refractivity contribution is 5.49. The Balaban J connectivity index is 1.94. The van der Waals surface area contributed by atoms with Crippen LogP contribution in [-0.2, 0) is 0 Å². The smallest absolute Gasteiger partial charge is 0.119 e. The van der Waals surface area contributed by atoms with Gasteiger partial charge in [0.2, 0.25) is 0 Å². The fourth-order valence-electron chi connectivity index (χ4n) is 2.06. The van der Waals surface area contributed by atoms with Crippen LogP contribution in [0.4, 0.5) is 5.69 Å². The molecule has 4 heteroatoms. The van der Waals surface area contributed by atoms with Crippen LogP contribution in [0, 0.1) is 11.3 Å². The normalized spacial score (nSPS) is 17.0. The van der Waals surface area contributed by atoms with E-state index in [1.54, 1.807) is 0 Å². The van der Waals surface area contributed by atoms with E-state index in [1.807, 2.05) is 19.1 Å². The second kappa shape index (κ2) is 6.27. The first-order valence-corrected chi connectivity index (χ1v) is 6.39. The second-order valence-corrected chi connectivity index (χ2v) is 4.52. The Kier molecular flexibility index (Phi) is 4.43. The highest BCUT2D eigenvalue weighted by atomic mass is 16.5. The molecule has 0 spiro atoms. The zero-order valence-corrected chi connectivity index (χ0v) is 10.7. The minimum Gasteiger partial charge on any atom is -0.490 e. The molecule has 18 heavy (non-hydrogen) atoms. The predicted molar refractivity (Wildman–Crippen MR) is 71.8 cm³/mol. The number of nitrogens with zero attached hydrogens (tertiary/aromatic N) is 2. The number of nitriles is 1. The molecule has 4 nitrogen and oxygen atoms in total. The first kappa shape index (κ1) is 12.7. The van der Waals surface area contributed by atoms with Crippen molar-refractivity contribution in [2.75, 3.05) is 31.1 Å². The van der Waals surface area contributed by atoms with Crippen molar-refractivity contribution in [1.82, 2.24) is 5.32 Å². The van der Waals surface area contributed by atoms with Crippen molar-refractivity contribution in [1.29, 1.82) is 5.26 Å². The average Bonchev–Trinajstić information content (AvgIpc) is 2.41. The third-order valence-electron chi connectivity index (χ3n) is 3.03. The molecule has 0 amide bonds. The second-order valence-electron chi connectivity index (χ2n) is 4.52. The third-order valence-corrected chi connectivity index (χ3v) is 3.03. The van der Waals surface area contributed by atoms with Crippen LogP contribution in [0.3, 0.4) is 0 Å². The zero-order valence-electron chi connectivity index (χ0n) is 10.7. The zero-order chi connectivity index (χ0) is 12.8. The lowest BCUT2D eigenvalue weighted by Gasteiger charge is -2.29. The van der Waals surface area contributed by atoms with Crippen LogP contribution < -0.4 is 15.0 Å². The van der Waals surface area contributed by atoms with E-state index in [2.05, 4.69) is 28.4 Å². The van der Waals surface area contributed by atoms with Crippen molar-refractivity contribution in [3.63, 3.8) is 0 Å². The van der Waals surface area contributed by atoms with Crippen LogP contribution in [0.25, 0.3) is 0 Å². The highest BCUT2D eigenvalue weighted by Gasteiger charge is 2.10. The maximum atomic E-state index is 8.59. The Morgan fingerprint density at radius 1 is 1.33 bits per heavy atom. The van der Waals surface area contributed by atoms with Crippen LogP contribution in [-0.4, -0.2) is 32.3 Å². The molecule has 1 aromatic rings. The quantitative estimate of drug-likeness (QED) is 0.878. The van der Waals surface area contributed by atoms with Crippen molar-refractivity contribution in [3.8, 4) is 11.8 Å². The molecule has 1 saturated heterocycles. The molecule has 1 N–H and O–H groups in total. The SMILES string of the molecule is CC(CC#N)Oc1ccc(N2CCNCC2)cc1. The minimum atomic E-state index is -0.0555. The maximum absolute atomic E-state index is 8.59. The van der Waals surface area contributed by atoms with E-state index in [0.29, 0.717) is 6.42 Å². The van der Waals surface area contributed by atoms with Crippen LogP contribution >= 0.6 is 0 Å². The Hall–Kier alpha value is -1.73. The fourth-order valence-corrected chi connectivity index (χ4v) is 2.06. The van der Waals surface area contributed by atoms with Gasteiger partial charge < -0.3 is 15.0 Å². The lowest BCUT2D eigenvalue weighted by atomic mass is 10.2. The third kappa shape index (κ3) is 3.38. The van der Waals surface area contributed by atoms with Gasteiger partial charge in [0.05, 0.1) is 12.5 Å². The maximum Gasteiger partial charge on any atom is 0.119 e. The summed E-state index contributed by atoms with van der Waals surface area (Å²) >= 11 is 0. The van der Waals surface area contributed by atoms with Crippen LogP contribution in [0.5, 0.6) is 5.75 Å². The van der Waals surface area contributed by atoms with Crippen molar-refractivity contribution in [2.24, 2.45) is 0 Å². The number of nitrogens with one attached hydrogen (secondary N) is 1. The Morgan fingerprint density at radius 3 is 2.61 bits per heavy atom. The van der Waals surface area contributed by atoms with Gasteiger partial charge >= 0.3 is 0 Å². The Labute approximate surface area is 108 Å². The molecular weight excluding hydrogens is 226 g/mol. The van der Waals surface area contributed by atoms with Gasteiger partial charge in [0, 0.05) is 31.9 Å². The molecule has 1 unspecified atom stereocenters. The van der Waals surface area contributed by atoms with Crippen molar-refractivity contribution >= 4 is 5.69 Å². The first-order chi connectivity index (χ1) is 8.79. The summed E-state index contributed by atoms with van der Waals surface area (Å²) in [6.07, 6.45) is 0.361. The van der Waals surface area contributed by atoms with E-state index in [0.717, 1.165) is 31.9 Å². The first-order valence-electron chi connectivity index (χ1n) is 6.39. The van der Waals surface area contributed by atoms with E-state index >= 15 is 0 Å². The Morgan fingerprint density at radius 2 is 2.00 bits per heavy atom. The molecule has 0 bridgehead atoms. The number of ether oxygens (including phenoxy) is 1. The number of piperazine rings is 1. The van der Waals surface area contributed by atoms with Crippen LogP contribution in [0.1, 0.15) is 13.3 Å². The molecule has 1 fully saturated rings. The number of rotatable bonds is 4. The Bertz CT molecular complexity index is 404. The van der Waals surface area contributed by atoms with Gasteiger partial charge in [-0.15, -0.1) is 0 Å². The van der Waals surface area contributed by atoms with E-state index in [-0.39, 0.29) is 6.10 Å². The van der Waals surface area contributed by atoms with Crippen molar-refractivity contribution < 1.29 is 4.74 Å². The molecular formula is C14H19N3O. The molecule has 0 saturated carbocycles. The monoisotopic (exact) mass is 245 g/mol. The predicted octanol–water partition coefficient (Wildman–Crippen LogP) is 1.78. The molecule has 1 atom stereocenters. The van der Waals surface area contributed by atoms with Gasteiger partial charge in [0.15, 0.2) is 0 Å². The summed E-state index contributed by atoms with van der Waals surface area (Å²) in [5, 5.41) is 11.9. The lowest BCUT2D eigenvalue weighted by Crippen LogP contribution is -2.43. The summed E-state index contributed by atoms with van der Waals surface area (Å²) in [5.74, 6) is 0.830. The molecule has 0 aliphatic carbocycles. The largest absolute Gasteiger partial charge is 0.490 e. The van der Waals surface area contributed by atoms with E-state index in [1.165, 1.54) is 5.69 Å². The van der Waals surface area contributed by atoms with E-state index in [9.17, 15) is 0 Å². The molecule has 1 aliphatic heterocycles. The van der Waals surface area contributed by atoms with Crippen LogP contribution in [0.2, 0.25) is 0 Å². The molecule has 0 radical (unpaired) electrons. The van der Waals surface area contributed by atoms with Crippen molar-refractivity contribution in [3.05, 3.63) is 24.3 Å². The molecule has 2 rings (SSSR count). The average molecular weight is 245 g/mol. The summed E-state index contributed by atoms with van der Waals surface area (Å²) < 4.78 is 5.64. The van der Waals surface area contributed by atoms with Gasteiger partial charge in [-0.25, -0.2) is 0 Å². The van der Waals surface area contributed by atoms with E-state index in [4.69, 9.17) is 10.00 Å². The molecule has 1 aliphatic rings. The molecule has 1 aromatic carbocycles. The van der Waals surface area contributed by atoms with Crippen LogP contribution in [0.15, 0.2) is 24.3 Å². The highest BCUT2D eigenvalue weighted by Crippen LogP contribution is 2.20. The van der Waals surface area contributed by atoms with Gasteiger partial charge in [-0.3, -0.25) is 0 Å². The topological polar surface area (TPSA) is 48.3 Å². The number of benzene rings is 1. The number of hydrogen-bond acceptors (Lipinski definition) is 4. The summed E-state index contributed by atoms with van der Waals surface area (Å²) in [5.41, 5.74) is 1.23. The summed E-state index contributed by atoms with van der Waals surface area (Å²) in [6, 6.07) is 10.2. The summed E-state index contributed by atoms with van der Waals surface area (Å²) in [7, 11) is 0. The van der Waals surface area contributed by atoms with E-state index < -0.39 is 0 Å². The standard InChI is InChI=1S/C14H19N3O/c1-12(6-7-15)18-14-4-2-13(3-5-14)17-10-8-16-9-11-17/h2-5,12,16H,6,8-11H2,1H3. The summed E-state index contributed by atoms with van der Waals surface area (Å²) in [6.45, 7) is 6.08. The van der Waals surface area contributed by atoms with Gasteiger partial charge in [-0.1, -0.05) is 0 Å². The summed E-state index contributed by atoms with van der Waals surface area (Å²) in [4.78, 5) is 2.36. The molecule has 0 aromatic heterocycles. The van der Waals surface area contributed by atoms with Gasteiger partial charge in [0.1, 0.15) is 11.9 Å². The van der Waals surface area contributed by atoms with Gasteiger partial charge in [-0.05, 0) is 31.2 Å². The molecule has 1 heterocycles. The minimum absolute atomic E-state index is 0.0555. The molecule has 96 valence electrons. The fraction of sp³-hybridized carbons (Fsp3) is 0.500.